The summed E-state index contributed by atoms with van der Waals surface area (Å²) in [5.74, 6) is 0.765. The Labute approximate surface area is 135 Å². The lowest BCUT2D eigenvalue weighted by Crippen LogP contribution is -2.44. The number of rotatable bonds is 3. The average molecular weight is 322 g/mol. The van der Waals surface area contributed by atoms with Gasteiger partial charge in [-0.2, -0.15) is 0 Å². The van der Waals surface area contributed by atoms with Gasteiger partial charge in [-0.1, -0.05) is 18.2 Å². The third-order valence-corrected chi connectivity index (χ3v) is 4.21. The Balaban J connectivity index is 0.00000176. The summed E-state index contributed by atoms with van der Waals surface area (Å²) in [6.07, 6.45) is 2.37. The van der Waals surface area contributed by atoms with Gasteiger partial charge in [-0.05, 0) is 42.3 Å². The van der Waals surface area contributed by atoms with Gasteiger partial charge in [-0.15, -0.1) is 12.4 Å². The first-order valence-electron chi connectivity index (χ1n) is 7.17. The quantitative estimate of drug-likeness (QED) is 0.853. The van der Waals surface area contributed by atoms with Crippen LogP contribution in [0.4, 0.5) is 0 Å². The molecule has 22 heavy (non-hydrogen) atoms. The molecule has 0 aliphatic carbocycles. The van der Waals surface area contributed by atoms with Crippen molar-refractivity contribution in [1.82, 2.24) is 5.32 Å². The Kier molecular flexibility index (Phi) is 5.06. The number of aldehydes is 1. The molecule has 0 bridgehead atoms. The molecular weight excluding hydrogens is 302 g/mol. The maximum atomic E-state index is 11.4. The number of aliphatic hydroxyl groups is 1. The molecule has 5 heteroatoms. The van der Waals surface area contributed by atoms with Gasteiger partial charge < -0.3 is 15.2 Å². The van der Waals surface area contributed by atoms with Gasteiger partial charge in [0.05, 0.1) is 7.11 Å². The number of fused-ring (bicyclic) bond motifs is 1. The lowest BCUT2D eigenvalue weighted by atomic mass is 9.81. The number of hydrogen-bond acceptors (Lipinski definition) is 4. The van der Waals surface area contributed by atoms with E-state index in [4.69, 9.17) is 4.74 Å². The van der Waals surface area contributed by atoms with E-state index in [0.29, 0.717) is 18.5 Å². The minimum absolute atomic E-state index is 0. The van der Waals surface area contributed by atoms with Crippen LogP contribution in [0.25, 0.3) is 10.8 Å². The van der Waals surface area contributed by atoms with Gasteiger partial charge in [-0.3, -0.25) is 4.79 Å². The number of carbonyl (C=O) groups excluding carboxylic acids is 1. The molecule has 2 aromatic rings. The van der Waals surface area contributed by atoms with E-state index >= 15 is 0 Å². The molecule has 3 rings (SSSR count). The zero-order valence-electron chi connectivity index (χ0n) is 12.5. The van der Waals surface area contributed by atoms with Crippen molar-refractivity contribution >= 4 is 29.5 Å². The first kappa shape index (κ1) is 16.7. The summed E-state index contributed by atoms with van der Waals surface area (Å²) < 4.78 is 5.24. The van der Waals surface area contributed by atoms with Gasteiger partial charge in [0.25, 0.3) is 0 Å². The number of methoxy groups -OCH3 is 1. The van der Waals surface area contributed by atoms with Gasteiger partial charge >= 0.3 is 0 Å². The van der Waals surface area contributed by atoms with Crippen LogP contribution in [-0.4, -0.2) is 31.6 Å². The minimum atomic E-state index is -0.997. The van der Waals surface area contributed by atoms with Crippen LogP contribution in [0.5, 0.6) is 5.75 Å². The van der Waals surface area contributed by atoms with Crippen molar-refractivity contribution in [1.29, 1.82) is 0 Å². The van der Waals surface area contributed by atoms with E-state index in [1.54, 1.807) is 13.2 Å². The van der Waals surface area contributed by atoms with Crippen molar-refractivity contribution in [3.63, 3.8) is 0 Å². The summed E-state index contributed by atoms with van der Waals surface area (Å²) in [5.41, 5.74) is 0.284. The van der Waals surface area contributed by atoms with Crippen molar-refractivity contribution in [2.24, 2.45) is 0 Å². The van der Waals surface area contributed by atoms with Crippen LogP contribution >= 0.6 is 12.4 Å². The highest BCUT2D eigenvalue weighted by Crippen LogP contribution is 2.36. The summed E-state index contributed by atoms with van der Waals surface area (Å²) in [5, 5.41) is 16.1. The predicted octanol–water partition coefficient (Wildman–Crippen LogP) is 2.65. The van der Waals surface area contributed by atoms with E-state index in [1.807, 2.05) is 24.3 Å². The van der Waals surface area contributed by atoms with E-state index in [1.165, 1.54) is 0 Å². The molecular formula is C17H20ClNO3. The SMILES string of the molecule is COc1ccc2c(C3(O)CCCNC3)c(C=O)ccc2c1.Cl. The van der Waals surface area contributed by atoms with Crippen LogP contribution < -0.4 is 10.1 Å². The first-order chi connectivity index (χ1) is 10.2. The van der Waals surface area contributed by atoms with E-state index in [2.05, 4.69) is 5.32 Å². The number of piperidine rings is 1. The second-order valence-electron chi connectivity index (χ2n) is 5.55. The van der Waals surface area contributed by atoms with E-state index in [0.717, 1.165) is 41.3 Å². The van der Waals surface area contributed by atoms with Crippen LogP contribution in [0.1, 0.15) is 28.8 Å². The first-order valence-corrected chi connectivity index (χ1v) is 7.17. The number of carbonyl (C=O) groups is 1. The number of ether oxygens (including phenoxy) is 1. The van der Waals surface area contributed by atoms with E-state index in [9.17, 15) is 9.90 Å². The van der Waals surface area contributed by atoms with Gasteiger partial charge in [0.1, 0.15) is 17.6 Å². The number of halogens is 1. The summed E-state index contributed by atoms with van der Waals surface area (Å²) in [6.45, 7) is 1.37. The molecule has 1 aliphatic rings. The Morgan fingerprint density at radius 3 is 2.77 bits per heavy atom. The van der Waals surface area contributed by atoms with Crippen molar-refractivity contribution in [2.75, 3.05) is 20.2 Å². The van der Waals surface area contributed by atoms with Crippen LogP contribution in [0.2, 0.25) is 0 Å². The fourth-order valence-electron chi connectivity index (χ4n) is 3.17. The fraction of sp³-hybridized carbons (Fsp3) is 0.353. The van der Waals surface area contributed by atoms with Crippen molar-refractivity contribution in [3.8, 4) is 5.75 Å². The molecule has 0 radical (unpaired) electrons. The minimum Gasteiger partial charge on any atom is -0.497 e. The van der Waals surface area contributed by atoms with Gasteiger partial charge in [-0.25, -0.2) is 0 Å². The summed E-state index contributed by atoms with van der Waals surface area (Å²) in [4.78, 5) is 11.4. The van der Waals surface area contributed by atoms with Crippen molar-refractivity contribution in [2.45, 2.75) is 18.4 Å². The average Bonchev–Trinajstić information content (AvgIpc) is 2.53. The lowest BCUT2D eigenvalue weighted by Gasteiger charge is -2.35. The molecule has 118 valence electrons. The van der Waals surface area contributed by atoms with Gasteiger partial charge in [0.15, 0.2) is 0 Å². The van der Waals surface area contributed by atoms with E-state index in [-0.39, 0.29) is 12.4 Å². The Morgan fingerprint density at radius 2 is 2.14 bits per heavy atom. The molecule has 1 aliphatic heterocycles. The molecule has 0 aromatic heterocycles. The van der Waals surface area contributed by atoms with Crippen LogP contribution in [-0.2, 0) is 5.60 Å². The molecule has 2 N–H and O–H groups in total. The number of nitrogens with one attached hydrogen (secondary N) is 1. The second kappa shape index (κ2) is 6.65. The maximum Gasteiger partial charge on any atom is 0.150 e. The highest BCUT2D eigenvalue weighted by Gasteiger charge is 2.34. The van der Waals surface area contributed by atoms with E-state index < -0.39 is 5.60 Å². The van der Waals surface area contributed by atoms with Gasteiger partial charge in [0, 0.05) is 17.7 Å². The summed E-state index contributed by atoms with van der Waals surface area (Å²) >= 11 is 0. The summed E-state index contributed by atoms with van der Waals surface area (Å²) in [7, 11) is 1.63. The lowest BCUT2D eigenvalue weighted by molar-refractivity contribution is 0.0131. The smallest absolute Gasteiger partial charge is 0.150 e. The predicted molar refractivity (Wildman–Crippen MR) is 89.1 cm³/mol. The highest BCUT2D eigenvalue weighted by molar-refractivity contribution is 5.94. The molecule has 4 nitrogen and oxygen atoms in total. The highest BCUT2D eigenvalue weighted by atomic mass is 35.5. The molecule has 0 spiro atoms. The van der Waals surface area contributed by atoms with Crippen molar-refractivity contribution in [3.05, 3.63) is 41.5 Å². The monoisotopic (exact) mass is 321 g/mol. The normalized spacial score (nSPS) is 21.2. The molecule has 2 aromatic carbocycles. The second-order valence-corrected chi connectivity index (χ2v) is 5.55. The molecule has 1 fully saturated rings. The standard InChI is InChI=1S/C17H19NO3.ClH/c1-21-14-5-6-15-12(9-14)3-4-13(10-19)16(15)17(20)7-2-8-18-11-17;/h3-6,9-10,18,20H,2,7-8,11H2,1H3;1H. The van der Waals surface area contributed by atoms with Gasteiger partial charge in [0.2, 0.25) is 0 Å². The topological polar surface area (TPSA) is 58.6 Å². The largest absolute Gasteiger partial charge is 0.497 e. The zero-order valence-corrected chi connectivity index (χ0v) is 13.3. The zero-order chi connectivity index (χ0) is 14.9. The van der Waals surface area contributed by atoms with Crippen LogP contribution in [0, 0.1) is 0 Å². The number of benzene rings is 2. The Bertz CT molecular complexity index is 681. The molecule has 1 unspecified atom stereocenters. The van der Waals surface area contributed by atoms with Crippen LogP contribution in [0.3, 0.4) is 0 Å². The summed E-state index contributed by atoms with van der Waals surface area (Å²) in [6, 6.07) is 9.37. The van der Waals surface area contributed by atoms with Crippen LogP contribution in [0.15, 0.2) is 30.3 Å². The third kappa shape index (κ3) is 2.82. The third-order valence-electron chi connectivity index (χ3n) is 4.21. The molecule has 0 saturated carbocycles. The Morgan fingerprint density at radius 1 is 1.32 bits per heavy atom. The molecule has 1 atom stereocenters. The fourth-order valence-corrected chi connectivity index (χ4v) is 3.17. The molecule has 1 saturated heterocycles. The molecule has 0 amide bonds. The maximum absolute atomic E-state index is 11.4. The number of β-amino-alcohol motifs (C(OH)–C–C–N with tert-alkyl or cyclic N) is 1. The number of hydrogen-bond donors (Lipinski definition) is 2. The van der Waals surface area contributed by atoms with Crippen molar-refractivity contribution < 1.29 is 14.6 Å². The Hall–Kier alpha value is -1.62. The molecule has 1 heterocycles.